The Morgan fingerprint density at radius 1 is 1.26 bits per heavy atom. The zero-order valence-corrected chi connectivity index (χ0v) is 12.5. The molecule has 2 aromatic carbocycles. The van der Waals surface area contributed by atoms with Crippen LogP contribution in [0.3, 0.4) is 0 Å². The molecule has 0 aliphatic carbocycles. The van der Waals surface area contributed by atoms with E-state index in [2.05, 4.69) is 0 Å². The first-order valence-corrected chi connectivity index (χ1v) is 6.87. The van der Waals surface area contributed by atoms with Gasteiger partial charge in [0.15, 0.2) is 5.76 Å². The predicted octanol–water partition coefficient (Wildman–Crippen LogP) is 3.53. The number of nitro groups is 1. The zero-order chi connectivity index (χ0) is 16.6. The molecule has 3 rings (SSSR count). The molecule has 23 heavy (non-hydrogen) atoms. The first kappa shape index (κ1) is 14.8. The Morgan fingerprint density at radius 3 is 2.74 bits per heavy atom. The van der Waals surface area contributed by atoms with Gasteiger partial charge in [-0.05, 0) is 30.7 Å². The van der Waals surface area contributed by atoms with Gasteiger partial charge in [-0.15, -0.1) is 0 Å². The second-order valence-electron chi connectivity index (χ2n) is 5.06. The van der Waals surface area contributed by atoms with Gasteiger partial charge in [-0.1, -0.05) is 12.1 Å². The van der Waals surface area contributed by atoms with Crippen LogP contribution in [0.15, 0.2) is 42.2 Å². The van der Waals surface area contributed by atoms with E-state index in [1.54, 1.807) is 38.3 Å². The fourth-order valence-corrected chi connectivity index (χ4v) is 2.47. The van der Waals surface area contributed by atoms with Gasteiger partial charge in [0, 0.05) is 17.7 Å². The average molecular weight is 311 g/mol. The van der Waals surface area contributed by atoms with Crippen LogP contribution in [0.5, 0.6) is 11.5 Å². The average Bonchev–Trinajstić information content (AvgIpc) is 2.85. The Labute approximate surface area is 132 Å². The maximum atomic E-state index is 12.4. The molecule has 0 amide bonds. The van der Waals surface area contributed by atoms with E-state index in [4.69, 9.17) is 9.47 Å². The minimum absolute atomic E-state index is 0.0415. The van der Waals surface area contributed by atoms with Crippen molar-refractivity contribution in [2.24, 2.45) is 0 Å². The highest BCUT2D eigenvalue weighted by atomic mass is 16.6. The first-order chi connectivity index (χ1) is 11.0. The first-order valence-electron chi connectivity index (χ1n) is 6.87. The summed E-state index contributed by atoms with van der Waals surface area (Å²) in [6.07, 6.45) is 1.50. The van der Waals surface area contributed by atoms with Gasteiger partial charge in [-0.2, -0.15) is 0 Å². The van der Waals surface area contributed by atoms with E-state index in [1.165, 1.54) is 18.2 Å². The number of ether oxygens (including phenoxy) is 2. The summed E-state index contributed by atoms with van der Waals surface area (Å²) in [5.74, 6) is 0.980. The van der Waals surface area contributed by atoms with E-state index >= 15 is 0 Å². The normalized spacial score (nSPS) is 14.5. The molecule has 0 spiro atoms. The number of fused-ring (bicyclic) bond motifs is 1. The third-order valence-electron chi connectivity index (χ3n) is 3.64. The molecule has 116 valence electrons. The van der Waals surface area contributed by atoms with Crippen LogP contribution in [0, 0.1) is 17.0 Å². The lowest BCUT2D eigenvalue weighted by Crippen LogP contribution is -1.98. The Bertz CT molecular complexity index is 854. The summed E-state index contributed by atoms with van der Waals surface area (Å²) in [5.41, 5.74) is 1.68. The molecule has 0 fully saturated rings. The molecule has 0 unspecified atom stereocenters. The van der Waals surface area contributed by atoms with Crippen molar-refractivity contribution in [2.45, 2.75) is 6.92 Å². The Morgan fingerprint density at radius 2 is 2.04 bits per heavy atom. The van der Waals surface area contributed by atoms with Crippen molar-refractivity contribution >= 4 is 17.5 Å². The second kappa shape index (κ2) is 5.57. The van der Waals surface area contributed by atoms with Crippen molar-refractivity contribution in [2.75, 3.05) is 7.11 Å². The van der Waals surface area contributed by atoms with E-state index < -0.39 is 4.92 Å². The number of hydrogen-bond donors (Lipinski definition) is 0. The highest BCUT2D eigenvalue weighted by molar-refractivity contribution is 6.15. The summed E-state index contributed by atoms with van der Waals surface area (Å²) in [7, 11) is 1.55. The van der Waals surface area contributed by atoms with E-state index in [0.29, 0.717) is 22.6 Å². The predicted molar refractivity (Wildman–Crippen MR) is 83.8 cm³/mol. The molecule has 1 aliphatic rings. The molecule has 0 atom stereocenters. The second-order valence-corrected chi connectivity index (χ2v) is 5.06. The maximum absolute atomic E-state index is 12.4. The van der Waals surface area contributed by atoms with Gasteiger partial charge in [-0.3, -0.25) is 14.9 Å². The van der Waals surface area contributed by atoms with Crippen LogP contribution >= 0.6 is 0 Å². The van der Waals surface area contributed by atoms with Crippen LogP contribution in [-0.2, 0) is 0 Å². The molecule has 1 heterocycles. The summed E-state index contributed by atoms with van der Waals surface area (Å²) in [4.78, 5) is 22.7. The number of Topliss-reactive ketones (excluding diaryl/α,β-unsaturated/α-hetero) is 1. The SMILES string of the molecule is COc1ccc2c(c1C)O/C(=C\c1cccc([N+](=O)[O-])c1)C2=O. The fraction of sp³-hybridized carbons (Fsp3) is 0.118. The smallest absolute Gasteiger partial charge is 0.270 e. The van der Waals surface area contributed by atoms with E-state index in [9.17, 15) is 14.9 Å². The largest absolute Gasteiger partial charge is 0.496 e. The number of nitro benzene ring substituents is 1. The van der Waals surface area contributed by atoms with Gasteiger partial charge in [0.25, 0.3) is 5.69 Å². The van der Waals surface area contributed by atoms with Crippen molar-refractivity contribution < 1.29 is 19.2 Å². The number of non-ortho nitro benzene ring substituents is 1. The Balaban J connectivity index is 2.00. The van der Waals surface area contributed by atoms with Crippen LogP contribution in [0.2, 0.25) is 0 Å². The number of carbonyl (C=O) groups is 1. The third kappa shape index (κ3) is 2.55. The molecule has 0 aromatic heterocycles. The molecule has 2 aromatic rings. The van der Waals surface area contributed by atoms with Gasteiger partial charge in [0.1, 0.15) is 11.5 Å². The quantitative estimate of drug-likeness (QED) is 0.492. The highest BCUT2D eigenvalue weighted by Gasteiger charge is 2.30. The highest BCUT2D eigenvalue weighted by Crippen LogP contribution is 2.39. The molecule has 6 heteroatoms. The minimum atomic E-state index is -0.483. The monoisotopic (exact) mass is 311 g/mol. The number of carbonyl (C=O) groups excluding carboxylic acids is 1. The van der Waals surface area contributed by atoms with Crippen molar-refractivity contribution in [1.82, 2.24) is 0 Å². The van der Waals surface area contributed by atoms with E-state index in [1.807, 2.05) is 0 Å². The Hall–Kier alpha value is -3.15. The lowest BCUT2D eigenvalue weighted by Gasteiger charge is -2.07. The molecule has 0 radical (unpaired) electrons. The van der Waals surface area contributed by atoms with E-state index in [-0.39, 0.29) is 17.2 Å². The molecule has 0 bridgehead atoms. The molecule has 0 saturated heterocycles. The molecule has 1 aliphatic heterocycles. The van der Waals surface area contributed by atoms with Crippen molar-refractivity contribution in [3.8, 4) is 11.5 Å². The summed E-state index contributed by atoms with van der Waals surface area (Å²) in [6, 6.07) is 9.38. The van der Waals surface area contributed by atoms with Gasteiger partial charge >= 0.3 is 0 Å². The lowest BCUT2D eigenvalue weighted by molar-refractivity contribution is -0.384. The number of ketones is 1. The van der Waals surface area contributed by atoms with Crippen LogP contribution in [0.4, 0.5) is 5.69 Å². The summed E-state index contributed by atoms with van der Waals surface area (Å²) >= 11 is 0. The van der Waals surface area contributed by atoms with Gasteiger partial charge in [0.2, 0.25) is 5.78 Å². The standard InChI is InChI=1S/C17H13NO5/c1-10-14(22-2)7-6-13-16(19)15(23-17(10)13)9-11-4-3-5-12(8-11)18(20)21/h3-9H,1-2H3/b15-9-. The lowest BCUT2D eigenvalue weighted by atomic mass is 10.1. The third-order valence-corrected chi connectivity index (χ3v) is 3.64. The Kier molecular flexibility index (Phi) is 3.57. The van der Waals surface area contributed by atoms with Crippen molar-refractivity contribution in [3.63, 3.8) is 0 Å². The van der Waals surface area contributed by atoms with Crippen LogP contribution < -0.4 is 9.47 Å². The number of benzene rings is 2. The number of nitrogens with zero attached hydrogens (tertiary/aromatic N) is 1. The molecular formula is C17H13NO5. The number of hydrogen-bond acceptors (Lipinski definition) is 5. The van der Waals surface area contributed by atoms with Crippen molar-refractivity contribution in [1.29, 1.82) is 0 Å². The summed E-state index contributed by atoms with van der Waals surface area (Å²) in [5, 5.41) is 10.8. The van der Waals surface area contributed by atoms with Crippen LogP contribution in [0.1, 0.15) is 21.5 Å². The molecule has 0 N–H and O–H groups in total. The number of methoxy groups -OCH3 is 1. The molecule has 0 saturated carbocycles. The number of allylic oxidation sites excluding steroid dienone is 1. The van der Waals surface area contributed by atoms with Crippen LogP contribution in [-0.4, -0.2) is 17.8 Å². The van der Waals surface area contributed by atoms with Crippen LogP contribution in [0.25, 0.3) is 6.08 Å². The van der Waals surface area contributed by atoms with Gasteiger partial charge in [0.05, 0.1) is 17.6 Å². The van der Waals surface area contributed by atoms with E-state index in [0.717, 1.165) is 5.56 Å². The van der Waals surface area contributed by atoms with Gasteiger partial charge < -0.3 is 9.47 Å². The number of rotatable bonds is 3. The zero-order valence-electron chi connectivity index (χ0n) is 12.5. The molecule has 6 nitrogen and oxygen atoms in total. The fourth-order valence-electron chi connectivity index (χ4n) is 2.47. The van der Waals surface area contributed by atoms with Crippen molar-refractivity contribution in [3.05, 3.63) is 69.0 Å². The topological polar surface area (TPSA) is 78.7 Å². The summed E-state index contributed by atoms with van der Waals surface area (Å²) in [6.45, 7) is 1.81. The molecular weight excluding hydrogens is 298 g/mol. The maximum Gasteiger partial charge on any atom is 0.270 e. The minimum Gasteiger partial charge on any atom is -0.496 e. The van der Waals surface area contributed by atoms with Gasteiger partial charge in [-0.25, -0.2) is 0 Å². The summed E-state index contributed by atoms with van der Waals surface area (Å²) < 4.78 is 10.9.